The van der Waals surface area contributed by atoms with Crippen LogP contribution in [0, 0.1) is 17.0 Å². The number of amides is 1. The fourth-order valence-electron chi connectivity index (χ4n) is 3.47. The molecule has 1 N–H and O–H groups in total. The van der Waals surface area contributed by atoms with Crippen LogP contribution in [0.5, 0.6) is 5.75 Å². The van der Waals surface area contributed by atoms with Crippen LogP contribution in [0.1, 0.15) is 11.1 Å². The topological polar surface area (TPSA) is 125 Å². The van der Waals surface area contributed by atoms with Gasteiger partial charge in [0, 0.05) is 23.5 Å². The van der Waals surface area contributed by atoms with Crippen molar-refractivity contribution >= 4 is 35.6 Å². The van der Waals surface area contributed by atoms with E-state index < -0.39 is 4.92 Å². The summed E-state index contributed by atoms with van der Waals surface area (Å²) in [4.78, 5) is 23.0. The first-order valence-electron chi connectivity index (χ1n) is 11.5. The van der Waals surface area contributed by atoms with E-state index in [4.69, 9.17) is 4.74 Å². The lowest BCUT2D eigenvalue weighted by Gasteiger charge is -2.11. The zero-order valence-electron chi connectivity index (χ0n) is 20.6. The van der Waals surface area contributed by atoms with Crippen molar-refractivity contribution in [3.05, 3.63) is 100 Å². The molecule has 0 saturated heterocycles. The summed E-state index contributed by atoms with van der Waals surface area (Å²) in [6, 6.07) is 21.8. The molecular weight excluding hydrogens is 504 g/mol. The summed E-state index contributed by atoms with van der Waals surface area (Å²) in [6.07, 6.45) is 4.42. The van der Waals surface area contributed by atoms with Crippen molar-refractivity contribution in [1.29, 1.82) is 0 Å². The van der Waals surface area contributed by atoms with E-state index in [-0.39, 0.29) is 17.3 Å². The summed E-state index contributed by atoms with van der Waals surface area (Å²) in [6.45, 7) is 2.01. The van der Waals surface area contributed by atoms with Gasteiger partial charge in [0.2, 0.25) is 0 Å². The van der Waals surface area contributed by atoms with Crippen LogP contribution in [0.15, 0.2) is 89.1 Å². The zero-order valence-corrected chi connectivity index (χ0v) is 21.5. The summed E-state index contributed by atoms with van der Waals surface area (Å²) < 4.78 is 7.15. The minimum absolute atomic E-state index is 0.00992. The summed E-state index contributed by atoms with van der Waals surface area (Å²) in [7, 11) is 1.61. The lowest BCUT2D eigenvalue weighted by Crippen LogP contribution is -2.19. The number of nitrogens with one attached hydrogen (secondary N) is 1. The molecule has 1 amide bonds. The third-order valence-electron chi connectivity index (χ3n) is 5.37. The summed E-state index contributed by atoms with van der Waals surface area (Å²) >= 11 is 1.23. The van der Waals surface area contributed by atoms with E-state index in [9.17, 15) is 14.9 Å². The Hall–Kier alpha value is -4.77. The number of rotatable bonds is 10. The van der Waals surface area contributed by atoms with Crippen LogP contribution >= 0.6 is 11.8 Å². The van der Waals surface area contributed by atoms with Gasteiger partial charge in [-0.05, 0) is 61.5 Å². The Kier molecular flexibility index (Phi) is 8.62. The number of carbonyl (C=O) groups excluding carboxylic acids is 1. The van der Waals surface area contributed by atoms with Gasteiger partial charge in [0.05, 0.1) is 23.3 Å². The van der Waals surface area contributed by atoms with Crippen LogP contribution in [0.2, 0.25) is 0 Å². The maximum absolute atomic E-state index is 12.4. The second kappa shape index (κ2) is 12.5. The minimum Gasteiger partial charge on any atom is -0.497 e. The number of allylic oxidation sites excluding steroid dienone is 1. The molecule has 4 rings (SSSR count). The van der Waals surface area contributed by atoms with Gasteiger partial charge in [-0.1, -0.05) is 41.6 Å². The van der Waals surface area contributed by atoms with Gasteiger partial charge >= 0.3 is 0 Å². The third-order valence-corrected chi connectivity index (χ3v) is 6.29. The highest BCUT2D eigenvalue weighted by Crippen LogP contribution is 2.29. The van der Waals surface area contributed by atoms with Crippen molar-refractivity contribution in [3.8, 4) is 22.8 Å². The van der Waals surface area contributed by atoms with Crippen LogP contribution in [0.25, 0.3) is 23.2 Å². The monoisotopic (exact) mass is 528 g/mol. The Balaban J connectivity index is 1.44. The van der Waals surface area contributed by atoms with Crippen molar-refractivity contribution in [3.63, 3.8) is 0 Å². The van der Waals surface area contributed by atoms with Gasteiger partial charge in [0.15, 0.2) is 11.0 Å². The van der Waals surface area contributed by atoms with E-state index in [2.05, 4.69) is 20.7 Å². The molecule has 192 valence electrons. The average Bonchev–Trinajstić information content (AvgIpc) is 3.36. The number of nitro benzene ring substituents is 1. The number of para-hydroxylation sites is 1. The number of methoxy groups -OCH3 is 1. The van der Waals surface area contributed by atoms with Crippen LogP contribution in [-0.4, -0.2) is 44.7 Å². The smallest absolute Gasteiger partial charge is 0.276 e. The molecule has 0 atom stereocenters. The molecule has 0 aliphatic rings. The Morgan fingerprint density at radius 2 is 1.84 bits per heavy atom. The van der Waals surface area contributed by atoms with Crippen LogP contribution in [0.4, 0.5) is 5.69 Å². The molecule has 11 heteroatoms. The Morgan fingerprint density at radius 3 is 2.55 bits per heavy atom. The van der Waals surface area contributed by atoms with Crippen LogP contribution in [-0.2, 0) is 4.79 Å². The first kappa shape index (κ1) is 26.3. The highest BCUT2D eigenvalue weighted by atomic mass is 32.2. The van der Waals surface area contributed by atoms with Gasteiger partial charge in [-0.2, -0.15) is 5.10 Å². The number of hydrogen-bond acceptors (Lipinski definition) is 8. The van der Waals surface area contributed by atoms with Gasteiger partial charge in [-0.3, -0.25) is 19.5 Å². The molecule has 0 aliphatic heterocycles. The van der Waals surface area contributed by atoms with E-state index in [1.807, 2.05) is 60.0 Å². The van der Waals surface area contributed by atoms with Crippen molar-refractivity contribution < 1.29 is 14.5 Å². The molecule has 0 radical (unpaired) electrons. The normalized spacial score (nSPS) is 11.2. The number of carbonyl (C=O) groups is 1. The molecule has 38 heavy (non-hydrogen) atoms. The molecular formula is C27H24N6O4S. The first-order chi connectivity index (χ1) is 18.5. The first-order valence-corrected chi connectivity index (χ1v) is 12.5. The van der Waals surface area contributed by atoms with E-state index in [1.165, 1.54) is 30.1 Å². The number of aryl methyl sites for hydroxylation is 1. The van der Waals surface area contributed by atoms with Crippen LogP contribution in [0.3, 0.4) is 0 Å². The molecule has 10 nitrogen and oxygen atoms in total. The summed E-state index contributed by atoms with van der Waals surface area (Å²) in [5, 5.41) is 24.2. The van der Waals surface area contributed by atoms with Crippen LogP contribution < -0.4 is 10.2 Å². The average molecular weight is 529 g/mol. The number of benzene rings is 3. The number of nitrogens with zero attached hydrogens (tertiary/aromatic N) is 5. The molecule has 0 fully saturated rings. The number of thioether (sulfide) groups is 1. The summed E-state index contributed by atoms with van der Waals surface area (Å²) in [5.41, 5.74) is 5.72. The minimum atomic E-state index is -0.453. The highest BCUT2D eigenvalue weighted by Gasteiger charge is 2.17. The molecule has 0 saturated carbocycles. The predicted molar refractivity (Wildman–Crippen MR) is 148 cm³/mol. The van der Waals surface area contributed by atoms with Crippen molar-refractivity contribution in [2.45, 2.75) is 12.1 Å². The maximum atomic E-state index is 12.4. The molecule has 0 unspecified atom stereocenters. The lowest BCUT2D eigenvalue weighted by atomic mass is 10.2. The van der Waals surface area contributed by atoms with Crippen molar-refractivity contribution in [2.75, 3.05) is 12.9 Å². The fourth-order valence-corrected chi connectivity index (χ4v) is 4.22. The third kappa shape index (κ3) is 6.51. The molecule has 4 aromatic rings. The maximum Gasteiger partial charge on any atom is 0.276 e. The van der Waals surface area contributed by atoms with E-state index in [1.54, 1.807) is 31.4 Å². The molecule has 3 aromatic carbocycles. The Bertz CT molecular complexity index is 1480. The number of hydrazone groups is 1. The fraction of sp³-hybridized carbons (Fsp3) is 0.111. The standard InChI is InChI=1S/C27H24N6O4S/c1-19-9-13-22(14-10-19)32-26(21-11-15-23(37-2)16-12-21)30-31-27(32)38-18-25(34)29-28-17-5-7-20-6-3-4-8-24(20)33(35)36/h3-17H,18H2,1-2H3,(H,29,34)/b7-5-,28-17+. The number of ether oxygens (including phenoxy) is 1. The number of nitro groups is 1. The molecule has 0 aliphatic carbocycles. The van der Waals surface area contributed by atoms with Crippen molar-refractivity contribution in [2.24, 2.45) is 5.10 Å². The van der Waals surface area contributed by atoms with E-state index >= 15 is 0 Å². The molecule has 0 spiro atoms. The Morgan fingerprint density at radius 1 is 1.11 bits per heavy atom. The zero-order chi connectivity index (χ0) is 26.9. The van der Waals surface area contributed by atoms with Gasteiger partial charge in [0.1, 0.15) is 5.75 Å². The van der Waals surface area contributed by atoms with Gasteiger partial charge in [-0.15, -0.1) is 10.2 Å². The van der Waals surface area contributed by atoms with E-state index in [0.29, 0.717) is 16.5 Å². The van der Waals surface area contributed by atoms with Gasteiger partial charge in [-0.25, -0.2) is 5.43 Å². The second-order valence-corrected chi connectivity index (χ2v) is 8.93. The SMILES string of the molecule is COc1ccc(-c2nnc(SCC(=O)N/N=C/C=C\c3ccccc3[N+](=O)[O-])n2-c2ccc(C)cc2)cc1. The Labute approximate surface area is 223 Å². The van der Waals surface area contributed by atoms with Gasteiger partial charge < -0.3 is 4.74 Å². The molecule has 0 bridgehead atoms. The molecule has 1 aromatic heterocycles. The molecule has 1 heterocycles. The summed E-state index contributed by atoms with van der Waals surface area (Å²) in [5.74, 6) is 1.09. The lowest BCUT2D eigenvalue weighted by molar-refractivity contribution is -0.385. The quantitative estimate of drug-likeness (QED) is 0.132. The second-order valence-electron chi connectivity index (χ2n) is 7.98. The number of aromatic nitrogens is 3. The van der Waals surface area contributed by atoms with Crippen molar-refractivity contribution in [1.82, 2.24) is 20.2 Å². The van der Waals surface area contributed by atoms with E-state index in [0.717, 1.165) is 22.6 Å². The number of hydrogen-bond donors (Lipinski definition) is 1. The highest BCUT2D eigenvalue weighted by molar-refractivity contribution is 7.99. The largest absolute Gasteiger partial charge is 0.497 e. The van der Waals surface area contributed by atoms with Gasteiger partial charge in [0.25, 0.3) is 11.6 Å². The predicted octanol–water partition coefficient (Wildman–Crippen LogP) is 5.07.